The van der Waals surface area contributed by atoms with Crippen molar-refractivity contribution in [1.29, 1.82) is 0 Å². The molecule has 0 amide bonds. The average molecular weight is 361 g/mol. The third-order valence-electron chi connectivity index (χ3n) is 3.52. The van der Waals surface area contributed by atoms with Gasteiger partial charge >= 0.3 is 5.97 Å². The average Bonchev–Trinajstić information content (AvgIpc) is 2.49. The van der Waals surface area contributed by atoms with Gasteiger partial charge in [0.1, 0.15) is 17.7 Å². The highest BCUT2D eigenvalue weighted by molar-refractivity contribution is 7.85. The van der Waals surface area contributed by atoms with Crippen LogP contribution >= 0.6 is 0 Å². The number of hydrogen-bond donors (Lipinski definition) is 1. The fraction of sp³-hybridized carbons (Fsp3) is 0.533. The molecule has 1 N–H and O–H groups in total. The maximum absolute atomic E-state index is 12.9. The molecule has 0 radical (unpaired) electrons. The summed E-state index contributed by atoms with van der Waals surface area (Å²) in [6.07, 6.45) is -1.09. The Morgan fingerprint density at radius 2 is 1.92 bits per heavy atom. The Labute approximate surface area is 140 Å². The van der Waals surface area contributed by atoms with E-state index in [9.17, 15) is 17.6 Å². The molecule has 1 heterocycles. The van der Waals surface area contributed by atoms with Crippen LogP contribution in [0.15, 0.2) is 24.3 Å². The Bertz CT molecular complexity index is 642. The minimum atomic E-state index is -4.28. The van der Waals surface area contributed by atoms with E-state index in [0.29, 0.717) is 31.9 Å². The number of morpholine rings is 1. The number of esters is 1. The lowest BCUT2D eigenvalue weighted by Gasteiger charge is -2.29. The van der Waals surface area contributed by atoms with Crippen molar-refractivity contribution in [1.82, 2.24) is 4.90 Å². The molecule has 7 nitrogen and oxygen atoms in total. The number of rotatable bonds is 7. The van der Waals surface area contributed by atoms with Crippen LogP contribution in [0.25, 0.3) is 0 Å². The van der Waals surface area contributed by atoms with Crippen LogP contribution in [0.2, 0.25) is 0 Å². The van der Waals surface area contributed by atoms with Gasteiger partial charge < -0.3 is 9.47 Å². The topological polar surface area (TPSA) is 93.1 Å². The molecule has 0 saturated carbocycles. The number of nitrogens with zero attached hydrogens (tertiary/aromatic N) is 1. The van der Waals surface area contributed by atoms with Gasteiger partial charge in [-0.25, -0.2) is 4.39 Å². The van der Waals surface area contributed by atoms with Crippen LogP contribution in [0.3, 0.4) is 0 Å². The van der Waals surface area contributed by atoms with Gasteiger partial charge in [-0.15, -0.1) is 0 Å². The van der Waals surface area contributed by atoms with Gasteiger partial charge in [-0.05, 0) is 17.7 Å². The Balaban J connectivity index is 1.94. The SMILES string of the molecule is O=C(Cc1ccc(F)cc1)OC(CN1CCOCC1)CS(=O)(=O)O. The quantitative estimate of drug-likeness (QED) is 0.558. The first-order chi connectivity index (χ1) is 11.3. The molecule has 1 saturated heterocycles. The molecule has 1 aliphatic rings. The summed E-state index contributed by atoms with van der Waals surface area (Å²) in [5, 5.41) is 0. The standard InChI is InChI=1S/C15H20FNO6S/c16-13-3-1-12(2-4-13)9-15(18)23-14(11-24(19,20)21)10-17-5-7-22-8-6-17/h1-4,14H,5-11H2,(H,19,20,21). The summed E-state index contributed by atoms with van der Waals surface area (Å²) in [5.74, 6) is -1.72. The zero-order valence-corrected chi connectivity index (χ0v) is 13.9. The van der Waals surface area contributed by atoms with Crippen LogP contribution < -0.4 is 0 Å². The molecule has 0 aliphatic carbocycles. The van der Waals surface area contributed by atoms with Gasteiger partial charge in [0.2, 0.25) is 0 Å². The molecule has 1 aromatic rings. The van der Waals surface area contributed by atoms with E-state index in [1.807, 2.05) is 4.90 Å². The number of carbonyl (C=O) groups excluding carboxylic acids is 1. The normalized spacial score (nSPS) is 17.4. The number of hydrogen-bond acceptors (Lipinski definition) is 6. The lowest BCUT2D eigenvalue weighted by molar-refractivity contribution is -0.148. The van der Waals surface area contributed by atoms with Crippen molar-refractivity contribution >= 4 is 16.1 Å². The van der Waals surface area contributed by atoms with Gasteiger partial charge in [0.25, 0.3) is 10.1 Å². The van der Waals surface area contributed by atoms with E-state index in [1.165, 1.54) is 24.3 Å². The summed E-state index contributed by atoms with van der Waals surface area (Å²) in [5.41, 5.74) is 0.554. The van der Waals surface area contributed by atoms with E-state index >= 15 is 0 Å². The third-order valence-corrected chi connectivity index (χ3v) is 4.31. The molecule has 0 spiro atoms. The summed E-state index contributed by atoms with van der Waals surface area (Å²) in [4.78, 5) is 13.9. The van der Waals surface area contributed by atoms with Crippen LogP contribution in [0.5, 0.6) is 0 Å². The summed E-state index contributed by atoms with van der Waals surface area (Å²) in [7, 11) is -4.28. The van der Waals surface area contributed by atoms with E-state index in [0.717, 1.165) is 0 Å². The highest BCUT2D eigenvalue weighted by atomic mass is 32.2. The molecular formula is C15H20FNO6S. The molecule has 1 aromatic carbocycles. The number of benzene rings is 1. The summed E-state index contributed by atoms with van der Waals surface area (Å²) in [6.45, 7) is 2.41. The van der Waals surface area contributed by atoms with Gasteiger partial charge in [-0.3, -0.25) is 14.2 Å². The Morgan fingerprint density at radius 1 is 1.29 bits per heavy atom. The third kappa shape index (κ3) is 6.91. The van der Waals surface area contributed by atoms with Crippen molar-refractivity contribution in [2.75, 3.05) is 38.6 Å². The zero-order chi connectivity index (χ0) is 17.6. The molecule has 134 valence electrons. The number of ether oxygens (including phenoxy) is 2. The summed E-state index contributed by atoms with van der Waals surface area (Å²) < 4.78 is 54.6. The van der Waals surface area contributed by atoms with Crippen molar-refractivity contribution in [3.8, 4) is 0 Å². The zero-order valence-electron chi connectivity index (χ0n) is 13.1. The van der Waals surface area contributed by atoms with E-state index in [-0.39, 0.29) is 13.0 Å². The van der Waals surface area contributed by atoms with Gasteiger partial charge in [-0.2, -0.15) is 8.42 Å². The molecule has 0 aromatic heterocycles. The first kappa shape index (κ1) is 18.8. The second-order valence-corrected chi connectivity index (χ2v) is 7.07. The molecule has 1 unspecified atom stereocenters. The van der Waals surface area contributed by atoms with Crippen molar-refractivity contribution in [2.24, 2.45) is 0 Å². The predicted molar refractivity (Wildman–Crippen MR) is 83.7 cm³/mol. The first-order valence-corrected chi connectivity index (χ1v) is 9.12. The largest absolute Gasteiger partial charge is 0.460 e. The molecule has 1 atom stereocenters. The Kier molecular flexibility index (Phi) is 6.67. The fourth-order valence-electron chi connectivity index (χ4n) is 2.43. The predicted octanol–water partition coefficient (Wildman–Crippen LogP) is 0.500. The maximum atomic E-state index is 12.9. The Hall–Kier alpha value is -1.55. The smallest absolute Gasteiger partial charge is 0.310 e. The molecule has 2 rings (SSSR count). The molecular weight excluding hydrogens is 341 g/mol. The first-order valence-electron chi connectivity index (χ1n) is 7.51. The maximum Gasteiger partial charge on any atom is 0.310 e. The minimum absolute atomic E-state index is 0.106. The minimum Gasteiger partial charge on any atom is -0.460 e. The van der Waals surface area contributed by atoms with E-state index in [4.69, 9.17) is 14.0 Å². The molecule has 0 bridgehead atoms. The van der Waals surface area contributed by atoms with Crippen molar-refractivity contribution in [3.63, 3.8) is 0 Å². The monoisotopic (exact) mass is 361 g/mol. The van der Waals surface area contributed by atoms with Crippen LogP contribution in [0.4, 0.5) is 4.39 Å². The van der Waals surface area contributed by atoms with Crippen molar-refractivity contribution in [3.05, 3.63) is 35.6 Å². The van der Waals surface area contributed by atoms with Gasteiger partial charge in [-0.1, -0.05) is 12.1 Å². The number of halogens is 1. The van der Waals surface area contributed by atoms with E-state index in [1.54, 1.807) is 0 Å². The molecule has 9 heteroatoms. The highest BCUT2D eigenvalue weighted by Gasteiger charge is 2.25. The number of carbonyl (C=O) groups is 1. The van der Waals surface area contributed by atoms with Crippen molar-refractivity contribution in [2.45, 2.75) is 12.5 Å². The summed E-state index contributed by atoms with van der Waals surface area (Å²) in [6, 6.07) is 5.37. The lowest BCUT2D eigenvalue weighted by atomic mass is 10.1. The lowest BCUT2D eigenvalue weighted by Crippen LogP contribution is -2.44. The summed E-state index contributed by atoms with van der Waals surface area (Å²) >= 11 is 0. The second kappa shape index (κ2) is 8.52. The molecule has 1 fully saturated rings. The van der Waals surface area contributed by atoms with Crippen LogP contribution in [0, 0.1) is 5.82 Å². The van der Waals surface area contributed by atoms with Crippen molar-refractivity contribution < 1.29 is 31.6 Å². The Morgan fingerprint density at radius 3 is 2.50 bits per heavy atom. The highest BCUT2D eigenvalue weighted by Crippen LogP contribution is 2.08. The van der Waals surface area contributed by atoms with Gasteiger partial charge in [0.15, 0.2) is 0 Å². The second-order valence-electron chi connectivity index (χ2n) is 5.58. The van der Waals surface area contributed by atoms with E-state index < -0.39 is 33.8 Å². The molecule has 1 aliphatic heterocycles. The van der Waals surface area contributed by atoms with Gasteiger partial charge in [0, 0.05) is 19.6 Å². The van der Waals surface area contributed by atoms with Crippen LogP contribution in [-0.4, -0.2) is 68.5 Å². The molecule has 24 heavy (non-hydrogen) atoms. The fourth-order valence-corrected chi connectivity index (χ4v) is 3.07. The van der Waals surface area contributed by atoms with Crippen LogP contribution in [0.1, 0.15) is 5.56 Å². The van der Waals surface area contributed by atoms with Crippen LogP contribution in [-0.2, 0) is 30.8 Å². The van der Waals surface area contributed by atoms with Gasteiger partial charge in [0.05, 0.1) is 19.6 Å². The van der Waals surface area contributed by atoms with E-state index in [2.05, 4.69) is 0 Å².